The standard InChI is InChI=1S/C29H42N4O5/c1-20-15-33(16-22-10-8-9-11-25(22)36-6)21(2)19-38-26-14-23(30-28(34)18-31(3)4)12-13-24(26)29(35)32(5)17-27(20)37-7/h8-14,20-21,27H,15-19H2,1-7H3,(H,30,34)/t20-,21-,27-/m1/s1. The molecule has 2 aromatic carbocycles. The lowest BCUT2D eigenvalue weighted by molar-refractivity contribution is -0.116. The molecule has 9 nitrogen and oxygen atoms in total. The first-order valence-electron chi connectivity index (χ1n) is 13.0. The largest absolute Gasteiger partial charge is 0.496 e. The van der Waals surface area contributed by atoms with Crippen LogP contribution < -0.4 is 14.8 Å². The Morgan fingerprint density at radius 1 is 1.13 bits per heavy atom. The predicted molar refractivity (Wildman–Crippen MR) is 149 cm³/mol. The Morgan fingerprint density at radius 2 is 1.87 bits per heavy atom. The quantitative estimate of drug-likeness (QED) is 0.593. The van der Waals surface area contributed by atoms with E-state index in [4.69, 9.17) is 14.2 Å². The van der Waals surface area contributed by atoms with Crippen LogP contribution in [0.2, 0.25) is 0 Å². The summed E-state index contributed by atoms with van der Waals surface area (Å²) >= 11 is 0. The Balaban J connectivity index is 1.94. The van der Waals surface area contributed by atoms with E-state index in [1.165, 1.54) is 0 Å². The third-order valence-corrected chi connectivity index (χ3v) is 6.89. The summed E-state index contributed by atoms with van der Waals surface area (Å²) in [6.07, 6.45) is -0.148. The Kier molecular flexibility index (Phi) is 10.5. The Hall–Kier alpha value is -3.14. The molecule has 0 aromatic heterocycles. The molecule has 9 heteroatoms. The molecule has 0 bridgehead atoms. The van der Waals surface area contributed by atoms with Gasteiger partial charge in [0, 0.05) is 57.2 Å². The van der Waals surface area contributed by atoms with Crippen molar-refractivity contribution in [2.45, 2.75) is 32.5 Å². The van der Waals surface area contributed by atoms with Crippen LogP contribution in [0.15, 0.2) is 42.5 Å². The lowest BCUT2D eigenvalue weighted by atomic mass is 10.0. The van der Waals surface area contributed by atoms with Gasteiger partial charge in [0.1, 0.15) is 18.1 Å². The summed E-state index contributed by atoms with van der Waals surface area (Å²) in [6, 6.07) is 13.2. The molecule has 0 spiro atoms. The highest BCUT2D eigenvalue weighted by Crippen LogP contribution is 2.28. The second-order valence-electron chi connectivity index (χ2n) is 10.3. The van der Waals surface area contributed by atoms with E-state index in [0.717, 1.165) is 17.9 Å². The van der Waals surface area contributed by atoms with Crippen LogP contribution in [0.3, 0.4) is 0 Å². The van der Waals surface area contributed by atoms with Crippen molar-refractivity contribution in [2.24, 2.45) is 5.92 Å². The topological polar surface area (TPSA) is 83.6 Å². The summed E-state index contributed by atoms with van der Waals surface area (Å²) < 4.78 is 17.8. The number of rotatable bonds is 7. The van der Waals surface area contributed by atoms with Crippen LogP contribution in [-0.2, 0) is 16.1 Å². The molecular formula is C29H42N4O5. The van der Waals surface area contributed by atoms with Gasteiger partial charge in [0.2, 0.25) is 5.91 Å². The number of carbonyl (C=O) groups is 2. The number of methoxy groups -OCH3 is 2. The first-order valence-corrected chi connectivity index (χ1v) is 13.0. The molecule has 1 aliphatic rings. The van der Waals surface area contributed by atoms with Crippen LogP contribution in [0, 0.1) is 5.92 Å². The number of likely N-dealkylation sites (N-methyl/N-ethyl adjacent to an activating group) is 2. The van der Waals surface area contributed by atoms with Gasteiger partial charge in [-0.15, -0.1) is 0 Å². The van der Waals surface area contributed by atoms with E-state index in [1.807, 2.05) is 32.3 Å². The third-order valence-electron chi connectivity index (χ3n) is 6.89. The van der Waals surface area contributed by atoms with Crippen molar-refractivity contribution in [1.82, 2.24) is 14.7 Å². The maximum Gasteiger partial charge on any atom is 0.257 e. The fourth-order valence-corrected chi connectivity index (χ4v) is 4.69. The van der Waals surface area contributed by atoms with Crippen LogP contribution in [-0.4, -0.2) is 100 Å². The molecule has 1 heterocycles. The smallest absolute Gasteiger partial charge is 0.257 e. The number of fused-ring (bicyclic) bond motifs is 1. The summed E-state index contributed by atoms with van der Waals surface area (Å²) in [6.45, 7) is 6.75. The molecule has 1 aliphatic heterocycles. The molecule has 3 atom stereocenters. The van der Waals surface area contributed by atoms with Crippen molar-refractivity contribution in [2.75, 3.05) is 66.9 Å². The van der Waals surface area contributed by atoms with E-state index in [1.54, 1.807) is 49.3 Å². The number of amides is 2. The average Bonchev–Trinajstić information content (AvgIpc) is 2.88. The number of para-hydroxylation sites is 1. The normalized spacial score (nSPS) is 21.2. The van der Waals surface area contributed by atoms with Crippen LogP contribution >= 0.6 is 0 Å². The lowest BCUT2D eigenvalue weighted by Gasteiger charge is -2.36. The summed E-state index contributed by atoms with van der Waals surface area (Å²) in [5.74, 6) is 1.15. The molecule has 2 amide bonds. The number of nitrogens with zero attached hydrogens (tertiary/aromatic N) is 3. The minimum Gasteiger partial charge on any atom is -0.496 e. The van der Waals surface area contributed by atoms with Crippen LogP contribution in [0.1, 0.15) is 29.8 Å². The van der Waals surface area contributed by atoms with E-state index >= 15 is 0 Å². The molecule has 0 unspecified atom stereocenters. The molecule has 3 rings (SSSR count). The number of carbonyl (C=O) groups excluding carboxylic acids is 2. The monoisotopic (exact) mass is 526 g/mol. The van der Waals surface area contributed by atoms with E-state index < -0.39 is 0 Å². The maximum atomic E-state index is 13.4. The molecular weight excluding hydrogens is 484 g/mol. The highest BCUT2D eigenvalue weighted by molar-refractivity contribution is 5.98. The number of hydrogen-bond donors (Lipinski definition) is 1. The van der Waals surface area contributed by atoms with E-state index in [-0.39, 0.29) is 36.4 Å². The summed E-state index contributed by atoms with van der Waals surface area (Å²) in [7, 11) is 8.83. The number of nitrogens with one attached hydrogen (secondary N) is 1. The van der Waals surface area contributed by atoms with Gasteiger partial charge < -0.3 is 29.3 Å². The Bertz CT molecular complexity index is 1090. The van der Waals surface area contributed by atoms with Gasteiger partial charge in [-0.05, 0) is 45.1 Å². The summed E-state index contributed by atoms with van der Waals surface area (Å²) in [4.78, 5) is 31.6. The Labute approximate surface area is 226 Å². The van der Waals surface area contributed by atoms with Crippen molar-refractivity contribution in [1.29, 1.82) is 0 Å². The number of hydrogen-bond acceptors (Lipinski definition) is 7. The fourth-order valence-electron chi connectivity index (χ4n) is 4.69. The Morgan fingerprint density at radius 3 is 2.55 bits per heavy atom. The molecule has 2 aromatic rings. The fraction of sp³-hybridized carbons (Fsp3) is 0.517. The van der Waals surface area contributed by atoms with Gasteiger partial charge in [-0.3, -0.25) is 14.5 Å². The van der Waals surface area contributed by atoms with Crippen LogP contribution in [0.25, 0.3) is 0 Å². The summed E-state index contributed by atoms with van der Waals surface area (Å²) in [5, 5.41) is 2.89. The van der Waals surface area contributed by atoms with E-state index in [0.29, 0.717) is 36.7 Å². The van der Waals surface area contributed by atoms with Crippen molar-refractivity contribution >= 4 is 17.5 Å². The molecule has 38 heavy (non-hydrogen) atoms. The number of anilines is 1. The van der Waals surface area contributed by atoms with Gasteiger partial charge in [0.15, 0.2) is 0 Å². The maximum absolute atomic E-state index is 13.4. The minimum atomic E-state index is -0.153. The van der Waals surface area contributed by atoms with Gasteiger partial charge in [-0.1, -0.05) is 25.1 Å². The van der Waals surface area contributed by atoms with Crippen molar-refractivity contribution < 1.29 is 23.8 Å². The third kappa shape index (κ3) is 7.69. The van der Waals surface area contributed by atoms with Gasteiger partial charge >= 0.3 is 0 Å². The molecule has 0 fully saturated rings. The van der Waals surface area contributed by atoms with Gasteiger partial charge in [0.25, 0.3) is 5.91 Å². The van der Waals surface area contributed by atoms with E-state index in [9.17, 15) is 9.59 Å². The number of benzene rings is 2. The first-order chi connectivity index (χ1) is 18.1. The lowest BCUT2D eigenvalue weighted by Crippen LogP contribution is -2.46. The molecule has 0 saturated heterocycles. The molecule has 0 radical (unpaired) electrons. The van der Waals surface area contributed by atoms with Crippen LogP contribution in [0.4, 0.5) is 5.69 Å². The molecule has 208 valence electrons. The summed E-state index contributed by atoms with van der Waals surface area (Å²) in [5.41, 5.74) is 2.12. The SMILES string of the molecule is COc1ccccc1CN1C[C@@H](C)[C@H](OC)CN(C)C(=O)c2ccc(NC(=O)CN(C)C)cc2OC[C@H]1C. The zero-order valence-electron chi connectivity index (χ0n) is 23.7. The average molecular weight is 527 g/mol. The highest BCUT2D eigenvalue weighted by atomic mass is 16.5. The van der Waals surface area contributed by atoms with Crippen molar-refractivity contribution in [3.63, 3.8) is 0 Å². The second kappa shape index (κ2) is 13.6. The van der Waals surface area contributed by atoms with Crippen molar-refractivity contribution in [3.8, 4) is 11.5 Å². The van der Waals surface area contributed by atoms with E-state index in [2.05, 4.69) is 30.1 Å². The van der Waals surface area contributed by atoms with Gasteiger partial charge in [0.05, 0.1) is 25.3 Å². The molecule has 0 aliphatic carbocycles. The predicted octanol–water partition coefficient (Wildman–Crippen LogP) is 3.20. The molecule has 1 N–H and O–H groups in total. The zero-order chi connectivity index (χ0) is 27.8. The minimum absolute atomic E-state index is 0.0203. The highest BCUT2D eigenvalue weighted by Gasteiger charge is 2.29. The second-order valence-corrected chi connectivity index (χ2v) is 10.3. The van der Waals surface area contributed by atoms with Crippen LogP contribution in [0.5, 0.6) is 11.5 Å². The molecule has 0 saturated carbocycles. The van der Waals surface area contributed by atoms with Gasteiger partial charge in [-0.2, -0.15) is 0 Å². The van der Waals surface area contributed by atoms with Gasteiger partial charge in [-0.25, -0.2) is 0 Å². The van der Waals surface area contributed by atoms with Crippen molar-refractivity contribution in [3.05, 3.63) is 53.6 Å². The first kappa shape index (κ1) is 29.4. The zero-order valence-corrected chi connectivity index (χ0v) is 23.7. The number of ether oxygens (including phenoxy) is 3.